The van der Waals surface area contributed by atoms with Crippen LogP contribution in [0.2, 0.25) is 10.0 Å². The van der Waals surface area contributed by atoms with Gasteiger partial charge in [0.15, 0.2) is 6.61 Å². The molecule has 0 bridgehead atoms. The molecule has 31 heavy (non-hydrogen) atoms. The monoisotopic (exact) mass is 463 g/mol. The lowest BCUT2D eigenvalue weighted by atomic mass is 10.1. The third-order valence-corrected chi connectivity index (χ3v) is 5.38. The zero-order valence-electron chi connectivity index (χ0n) is 16.5. The van der Waals surface area contributed by atoms with Gasteiger partial charge in [0, 0.05) is 17.7 Å². The van der Waals surface area contributed by atoms with Crippen molar-refractivity contribution in [2.24, 2.45) is 5.92 Å². The number of hydrogen-bond acceptors (Lipinski definition) is 5. The van der Waals surface area contributed by atoms with E-state index < -0.39 is 36.2 Å². The maximum absolute atomic E-state index is 12.3. The van der Waals surface area contributed by atoms with Crippen molar-refractivity contribution in [3.05, 3.63) is 63.6 Å². The smallest absolute Gasteiger partial charge is 0.311 e. The number of anilines is 1. The number of carbonyl (C=O) groups is 4. The molecule has 1 aliphatic rings. The average Bonchev–Trinajstić information content (AvgIpc) is 3.10. The van der Waals surface area contributed by atoms with Crippen LogP contribution in [0.15, 0.2) is 42.5 Å². The van der Waals surface area contributed by atoms with Crippen LogP contribution in [0.4, 0.5) is 5.69 Å². The molecule has 1 aliphatic heterocycles. The van der Waals surface area contributed by atoms with Crippen molar-refractivity contribution in [2.45, 2.75) is 13.3 Å². The molecule has 0 saturated carbocycles. The first-order chi connectivity index (χ1) is 14.7. The SMILES string of the molecule is Cc1ccccc1NC(=O)COC(=O)[C@H]1CC(=O)N(NC(=O)c2ccc(Cl)c(Cl)c2)C1. The van der Waals surface area contributed by atoms with Crippen molar-refractivity contribution in [2.75, 3.05) is 18.5 Å². The predicted molar refractivity (Wildman–Crippen MR) is 115 cm³/mol. The van der Waals surface area contributed by atoms with Crippen molar-refractivity contribution >= 4 is 52.6 Å². The van der Waals surface area contributed by atoms with Crippen LogP contribution < -0.4 is 10.7 Å². The lowest BCUT2D eigenvalue weighted by Gasteiger charge is -2.17. The van der Waals surface area contributed by atoms with Crippen molar-refractivity contribution in [1.82, 2.24) is 10.4 Å². The van der Waals surface area contributed by atoms with E-state index in [2.05, 4.69) is 10.7 Å². The molecular formula is C21H19Cl2N3O5. The van der Waals surface area contributed by atoms with E-state index in [4.69, 9.17) is 27.9 Å². The molecule has 0 aliphatic carbocycles. The Labute approximate surface area is 188 Å². The average molecular weight is 464 g/mol. The summed E-state index contributed by atoms with van der Waals surface area (Å²) in [5.41, 5.74) is 4.14. The summed E-state index contributed by atoms with van der Waals surface area (Å²) in [6.07, 6.45) is -0.139. The van der Waals surface area contributed by atoms with Crippen LogP contribution in [-0.2, 0) is 19.1 Å². The standard InChI is InChI=1S/C21H19Cl2N3O5/c1-12-4-2-3-5-17(12)24-18(27)11-31-21(30)14-9-19(28)26(10-14)25-20(29)13-6-7-15(22)16(23)8-13/h2-8,14H,9-11H2,1H3,(H,24,27)(H,25,29)/t14-/m0/s1. The lowest BCUT2D eigenvalue weighted by molar-refractivity contribution is -0.151. The Bertz CT molecular complexity index is 1040. The number of hydrazine groups is 1. The normalized spacial score (nSPS) is 15.5. The maximum atomic E-state index is 12.3. The molecule has 1 heterocycles. The fourth-order valence-corrected chi connectivity index (χ4v) is 3.25. The van der Waals surface area contributed by atoms with Crippen LogP contribution in [0.25, 0.3) is 0 Å². The quantitative estimate of drug-likeness (QED) is 0.640. The number of nitrogens with zero attached hydrogens (tertiary/aromatic N) is 1. The highest BCUT2D eigenvalue weighted by Crippen LogP contribution is 2.23. The van der Waals surface area contributed by atoms with Crippen LogP contribution >= 0.6 is 23.2 Å². The van der Waals surface area contributed by atoms with Crippen LogP contribution in [0.5, 0.6) is 0 Å². The van der Waals surface area contributed by atoms with E-state index in [1.807, 2.05) is 19.1 Å². The van der Waals surface area contributed by atoms with E-state index in [1.54, 1.807) is 12.1 Å². The maximum Gasteiger partial charge on any atom is 0.311 e. The summed E-state index contributed by atoms with van der Waals surface area (Å²) < 4.78 is 5.04. The third kappa shape index (κ3) is 5.74. The summed E-state index contributed by atoms with van der Waals surface area (Å²) in [7, 11) is 0. The first kappa shape index (κ1) is 22.6. The second kappa shape index (κ2) is 9.80. The highest BCUT2D eigenvalue weighted by atomic mass is 35.5. The first-order valence-corrected chi connectivity index (χ1v) is 10.1. The van der Waals surface area contributed by atoms with E-state index in [-0.39, 0.29) is 23.6 Å². The first-order valence-electron chi connectivity index (χ1n) is 9.33. The molecule has 162 valence electrons. The fourth-order valence-electron chi connectivity index (χ4n) is 2.95. The number of ether oxygens (including phenoxy) is 1. The molecule has 0 spiro atoms. The predicted octanol–water partition coefficient (Wildman–Crippen LogP) is 2.98. The van der Waals surface area contributed by atoms with Crippen molar-refractivity contribution in [3.63, 3.8) is 0 Å². The molecule has 2 aromatic carbocycles. The Morgan fingerprint density at radius 2 is 1.87 bits per heavy atom. The molecule has 0 radical (unpaired) electrons. The Hall–Kier alpha value is -3.10. The molecule has 1 atom stereocenters. The van der Waals surface area contributed by atoms with Gasteiger partial charge in [0.25, 0.3) is 11.8 Å². The molecule has 0 unspecified atom stereocenters. The Morgan fingerprint density at radius 1 is 1.13 bits per heavy atom. The summed E-state index contributed by atoms with van der Waals surface area (Å²) in [6, 6.07) is 11.5. The number of halogens is 2. The Kier molecular flexibility index (Phi) is 7.14. The number of nitrogens with one attached hydrogen (secondary N) is 2. The van der Waals surface area contributed by atoms with E-state index >= 15 is 0 Å². The molecule has 3 rings (SSSR count). The zero-order chi connectivity index (χ0) is 22.5. The number of rotatable bonds is 6. The topological polar surface area (TPSA) is 105 Å². The fraction of sp³-hybridized carbons (Fsp3) is 0.238. The van der Waals surface area contributed by atoms with Crippen molar-refractivity contribution in [3.8, 4) is 0 Å². The van der Waals surface area contributed by atoms with Gasteiger partial charge >= 0.3 is 5.97 Å². The highest BCUT2D eigenvalue weighted by Gasteiger charge is 2.36. The van der Waals surface area contributed by atoms with Gasteiger partial charge in [-0.05, 0) is 36.8 Å². The molecule has 2 N–H and O–H groups in total. The van der Waals surface area contributed by atoms with Gasteiger partial charge in [-0.3, -0.25) is 29.6 Å². The van der Waals surface area contributed by atoms with Crippen LogP contribution in [0.3, 0.4) is 0 Å². The number of carbonyl (C=O) groups excluding carboxylic acids is 4. The minimum atomic E-state index is -0.798. The highest BCUT2D eigenvalue weighted by molar-refractivity contribution is 6.42. The largest absolute Gasteiger partial charge is 0.455 e. The number of benzene rings is 2. The van der Waals surface area contributed by atoms with Gasteiger partial charge in [-0.2, -0.15) is 0 Å². The summed E-state index contributed by atoms with van der Waals surface area (Å²) in [5.74, 6) is -3.00. The summed E-state index contributed by atoms with van der Waals surface area (Å²) in [4.78, 5) is 48.8. The lowest BCUT2D eigenvalue weighted by Crippen LogP contribution is -2.43. The molecule has 1 fully saturated rings. The number of aryl methyl sites for hydroxylation is 1. The molecule has 2 aromatic rings. The molecule has 8 nitrogen and oxygen atoms in total. The Balaban J connectivity index is 1.50. The Morgan fingerprint density at radius 3 is 2.58 bits per heavy atom. The zero-order valence-corrected chi connectivity index (χ0v) is 18.0. The third-order valence-electron chi connectivity index (χ3n) is 4.64. The van der Waals surface area contributed by atoms with E-state index in [0.717, 1.165) is 10.6 Å². The van der Waals surface area contributed by atoms with Gasteiger partial charge < -0.3 is 10.1 Å². The van der Waals surface area contributed by atoms with E-state index in [9.17, 15) is 19.2 Å². The van der Waals surface area contributed by atoms with Crippen molar-refractivity contribution < 1.29 is 23.9 Å². The van der Waals surface area contributed by atoms with Crippen molar-refractivity contribution in [1.29, 1.82) is 0 Å². The molecule has 3 amide bonds. The van der Waals surface area contributed by atoms with Gasteiger partial charge in [0.2, 0.25) is 5.91 Å². The van der Waals surface area contributed by atoms with Gasteiger partial charge in [0.1, 0.15) is 0 Å². The molecule has 10 heteroatoms. The van der Waals surface area contributed by atoms with Gasteiger partial charge in [-0.15, -0.1) is 0 Å². The van der Waals surface area contributed by atoms with Crippen LogP contribution in [0, 0.1) is 12.8 Å². The van der Waals surface area contributed by atoms with Gasteiger partial charge in [-0.1, -0.05) is 41.4 Å². The molecular weight excluding hydrogens is 445 g/mol. The van der Waals surface area contributed by atoms with E-state index in [0.29, 0.717) is 10.7 Å². The van der Waals surface area contributed by atoms with E-state index in [1.165, 1.54) is 18.2 Å². The number of amides is 3. The van der Waals surface area contributed by atoms with Crippen LogP contribution in [-0.4, -0.2) is 41.9 Å². The molecule has 1 saturated heterocycles. The second-order valence-electron chi connectivity index (χ2n) is 6.95. The minimum absolute atomic E-state index is 0.0653. The summed E-state index contributed by atoms with van der Waals surface area (Å²) in [5, 5.41) is 4.20. The van der Waals surface area contributed by atoms with Gasteiger partial charge in [0.05, 0.1) is 22.5 Å². The number of esters is 1. The van der Waals surface area contributed by atoms with Crippen LogP contribution in [0.1, 0.15) is 22.3 Å². The summed E-state index contributed by atoms with van der Waals surface area (Å²) in [6.45, 7) is 1.30. The minimum Gasteiger partial charge on any atom is -0.455 e. The second-order valence-corrected chi connectivity index (χ2v) is 7.76. The summed E-state index contributed by atoms with van der Waals surface area (Å²) >= 11 is 11.7. The number of hydrogen-bond donors (Lipinski definition) is 2. The van der Waals surface area contributed by atoms with Gasteiger partial charge in [-0.25, -0.2) is 0 Å². The number of para-hydroxylation sites is 1. The molecule has 0 aromatic heterocycles.